The summed E-state index contributed by atoms with van der Waals surface area (Å²) in [4.78, 5) is 4.19. The Labute approximate surface area is 106 Å². The average molecular weight is 251 g/mol. The number of halogens is 1. The standard InChI is InChI=1S/C13H15ClN2O/c1-4-10-5-6-11(12(7-10)17-3)16-8-15-9(2)13(16)14/h5-8H,4H2,1-3H3. The van der Waals surface area contributed by atoms with Crippen molar-refractivity contribution in [2.24, 2.45) is 0 Å². The summed E-state index contributed by atoms with van der Waals surface area (Å²) in [6.07, 6.45) is 2.69. The third kappa shape index (κ3) is 2.15. The smallest absolute Gasteiger partial charge is 0.143 e. The van der Waals surface area contributed by atoms with Crippen molar-refractivity contribution in [1.29, 1.82) is 0 Å². The van der Waals surface area contributed by atoms with Crippen LogP contribution in [0.4, 0.5) is 0 Å². The summed E-state index contributed by atoms with van der Waals surface area (Å²) < 4.78 is 7.23. The van der Waals surface area contributed by atoms with Crippen molar-refractivity contribution >= 4 is 11.6 Å². The molecule has 0 atom stereocenters. The van der Waals surface area contributed by atoms with Crippen molar-refractivity contribution in [3.8, 4) is 11.4 Å². The number of aromatic nitrogens is 2. The molecule has 0 saturated carbocycles. The van der Waals surface area contributed by atoms with Crippen LogP contribution in [0.5, 0.6) is 5.75 Å². The van der Waals surface area contributed by atoms with E-state index >= 15 is 0 Å². The van der Waals surface area contributed by atoms with Crippen LogP contribution in [-0.4, -0.2) is 16.7 Å². The van der Waals surface area contributed by atoms with Crippen LogP contribution in [0.25, 0.3) is 5.69 Å². The largest absolute Gasteiger partial charge is 0.495 e. The summed E-state index contributed by atoms with van der Waals surface area (Å²) in [6.45, 7) is 3.99. The van der Waals surface area contributed by atoms with Gasteiger partial charge in [0.15, 0.2) is 0 Å². The maximum atomic E-state index is 6.19. The quantitative estimate of drug-likeness (QED) is 0.835. The van der Waals surface area contributed by atoms with Gasteiger partial charge >= 0.3 is 0 Å². The monoisotopic (exact) mass is 250 g/mol. The number of aryl methyl sites for hydroxylation is 2. The van der Waals surface area contributed by atoms with Gasteiger partial charge in [0.05, 0.1) is 18.5 Å². The van der Waals surface area contributed by atoms with Crippen molar-refractivity contribution < 1.29 is 4.74 Å². The molecule has 0 aliphatic carbocycles. The Morgan fingerprint density at radius 2 is 2.18 bits per heavy atom. The molecule has 2 rings (SSSR count). The first kappa shape index (κ1) is 12.0. The molecular formula is C13H15ClN2O. The van der Waals surface area contributed by atoms with Crippen LogP contribution in [0.3, 0.4) is 0 Å². The highest BCUT2D eigenvalue weighted by Gasteiger charge is 2.11. The van der Waals surface area contributed by atoms with Gasteiger partial charge < -0.3 is 4.74 Å². The van der Waals surface area contributed by atoms with Crippen LogP contribution in [-0.2, 0) is 6.42 Å². The molecule has 0 bridgehead atoms. The van der Waals surface area contributed by atoms with E-state index in [2.05, 4.69) is 18.0 Å². The average Bonchev–Trinajstić information content (AvgIpc) is 2.69. The van der Waals surface area contributed by atoms with E-state index in [-0.39, 0.29) is 0 Å². The van der Waals surface area contributed by atoms with E-state index < -0.39 is 0 Å². The van der Waals surface area contributed by atoms with E-state index in [0.29, 0.717) is 5.15 Å². The van der Waals surface area contributed by atoms with E-state index in [1.54, 1.807) is 13.4 Å². The second kappa shape index (κ2) is 4.80. The number of rotatable bonds is 3. The zero-order valence-electron chi connectivity index (χ0n) is 10.2. The summed E-state index contributed by atoms with van der Waals surface area (Å²) in [7, 11) is 1.66. The van der Waals surface area contributed by atoms with Gasteiger partial charge in [-0.3, -0.25) is 4.57 Å². The minimum Gasteiger partial charge on any atom is -0.495 e. The molecule has 0 saturated heterocycles. The van der Waals surface area contributed by atoms with Gasteiger partial charge in [0.25, 0.3) is 0 Å². The van der Waals surface area contributed by atoms with Gasteiger partial charge in [0.1, 0.15) is 17.2 Å². The van der Waals surface area contributed by atoms with Gasteiger partial charge in [-0.15, -0.1) is 0 Å². The molecule has 90 valence electrons. The van der Waals surface area contributed by atoms with Crippen molar-refractivity contribution in [2.75, 3.05) is 7.11 Å². The molecule has 1 aromatic heterocycles. The molecule has 2 aromatic rings. The van der Waals surface area contributed by atoms with Crippen LogP contribution in [0, 0.1) is 6.92 Å². The maximum absolute atomic E-state index is 6.19. The summed E-state index contributed by atoms with van der Waals surface area (Å²) >= 11 is 6.19. The number of hydrogen-bond acceptors (Lipinski definition) is 2. The Morgan fingerprint density at radius 1 is 1.41 bits per heavy atom. The number of benzene rings is 1. The first-order valence-corrected chi connectivity index (χ1v) is 5.92. The number of methoxy groups -OCH3 is 1. The van der Waals surface area contributed by atoms with Crippen LogP contribution in [0.15, 0.2) is 24.5 Å². The molecule has 0 fully saturated rings. The third-order valence-corrected chi connectivity index (χ3v) is 3.24. The van der Waals surface area contributed by atoms with Gasteiger partial charge in [-0.25, -0.2) is 4.98 Å². The summed E-state index contributed by atoms with van der Waals surface area (Å²) in [5.74, 6) is 0.809. The number of ether oxygens (including phenoxy) is 1. The maximum Gasteiger partial charge on any atom is 0.143 e. The number of imidazole rings is 1. The molecule has 0 aliphatic rings. The minimum atomic E-state index is 0.618. The zero-order chi connectivity index (χ0) is 12.4. The Kier molecular flexibility index (Phi) is 3.38. The fourth-order valence-corrected chi connectivity index (χ4v) is 1.92. The van der Waals surface area contributed by atoms with E-state index in [1.165, 1.54) is 5.56 Å². The highest BCUT2D eigenvalue weighted by atomic mass is 35.5. The van der Waals surface area contributed by atoms with Crippen molar-refractivity contribution in [1.82, 2.24) is 9.55 Å². The molecule has 0 radical (unpaired) electrons. The third-order valence-electron chi connectivity index (χ3n) is 2.79. The molecule has 0 spiro atoms. The Morgan fingerprint density at radius 3 is 2.71 bits per heavy atom. The topological polar surface area (TPSA) is 27.1 Å². The van der Waals surface area contributed by atoms with Crippen LogP contribution in [0.2, 0.25) is 5.15 Å². The van der Waals surface area contributed by atoms with Gasteiger partial charge in [0, 0.05) is 0 Å². The van der Waals surface area contributed by atoms with E-state index in [4.69, 9.17) is 16.3 Å². The molecular weight excluding hydrogens is 236 g/mol. The fourth-order valence-electron chi connectivity index (χ4n) is 1.73. The Hall–Kier alpha value is -1.48. The second-order valence-electron chi connectivity index (χ2n) is 3.85. The molecule has 17 heavy (non-hydrogen) atoms. The summed E-state index contributed by atoms with van der Waals surface area (Å²) in [5, 5.41) is 0.618. The lowest BCUT2D eigenvalue weighted by atomic mass is 10.1. The predicted molar refractivity (Wildman–Crippen MR) is 69.2 cm³/mol. The lowest BCUT2D eigenvalue weighted by Gasteiger charge is -2.11. The first-order valence-electron chi connectivity index (χ1n) is 5.54. The molecule has 4 heteroatoms. The second-order valence-corrected chi connectivity index (χ2v) is 4.21. The minimum absolute atomic E-state index is 0.618. The van der Waals surface area contributed by atoms with Crippen molar-refractivity contribution in [2.45, 2.75) is 20.3 Å². The van der Waals surface area contributed by atoms with E-state index in [0.717, 1.165) is 23.6 Å². The van der Waals surface area contributed by atoms with Gasteiger partial charge in [-0.2, -0.15) is 0 Å². The predicted octanol–water partition coefficient (Wildman–Crippen LogP) is 3.41. The molecule has 0 N–H and O–H groups in total. The number of nitrogens with zero attached hydrogens (tertiary/aromatic N) is 2. The van der Waals surface area contributed by atoms with Gasteiger partial charge in [-0.1, -0.05) is 24.6 Å². The Bertz CT molecular complexity index is 534. The van der Waals surface area contributed by atoms with Crippen molar-refractivity contribution in [3.63, 3.8) is 0 Å². The fraction of sp³-hybridized carbons (Fsp3) is 0.308. The Balaban J connectivity index is 2.55. The highest BCUT2D eigenvalue weighted by Crippen LogP contribution is 2.28. The SMILES string of the molecule is CCc1ccc(-n2cnc(C)c2Cl)c(OC)c1. The molecule has 1 aromatic carbocycles. The van der Waals surface area contributed by atoms with Gasteiger partial charge in [0.2, 0.25) is 0 Å². The summed E-state index contributed by atoms with van der Waals surface area (Å²) in [5.41, 5.74) is 2.96. The van der Waals surface area contributed by atoms with Crippen molar-refractivity contribution in [3.05, 3.63) is 40.9 Å². The summed E-state index contributed by atoms with van der Waals surface area (Å²) in [6, 6.07) is 6.11. The molecule has 0 amide bonds. The van der Waals surface area contributed by atoms with Gasteiger partial charge in [-0.05, 0) is 31.0 Å². The lowest BCUT2D eigenvalue weighted by molar-refractivity contribution is 0.412. The van der Waals surface area contributed by atoms with E-state index in [1.807, 2.05) is 23.6 Å². The molecule has 1 heterocycles. The van der Waals surface area contributed by atoms with Crippen LogP contribution < -0.4 is 4.74 Å². The molecule has 0 unspecified atom stereocenters. The normalized spacial score (nSPS) is 10.6. The highest BCUT2D eigenvalue weighted by molar-refractivity contribution is 6.30. The van der Waals surface area contributed by atoms with Crippen LogP contribution in [0.1, 0.15) is 18.2 Å². The molecule has 3 nitrogen and oxygen atoms in total. The number of hydrogen-bond donors (Lipinski definition) is 0. The molecule has 0 aliphatic heterocycles. The van der Waals surface area contributed by atoms with Crippen LogP contribution >= 0.6 is 11.6 Å². The first-order chi connectivity index (χ1) is 8.17. The lowest BCUT2D eigenvalue weighted by Crippen LogP contribution is -1.98. The zero-order valence-corrected chi connectivity index (χ0v) is 11.0. The van der Waals surface area contributed by atoms with E-state index in [9.17, 15) is 0 Å².